The van der Waals surface area contributed by atoms with E-state index in [4.69, 9.17) is 0 Å². The zero-order chi connectivity index (χ0) is 24.2. The van der Waals surface area contributed by atoms with Crippen LogP contribution < -0.4 is 0 Å². The van der Waals surface area contributed by atoms with Crippen LogP contribution in [0, 0.1) is 0 Å². The summed E-state index contributed by atoms with van der Waals surface area (Å²) < 4.78 is 0. The van der Waals surface area contributed by atoms with Gasteiger partial charge < -0.3 is 0 Å². The van der Waals surface area contributed by atoms with Gasteiger partial charge in [0.2, 0.25) is 0 Å². The molecule has 0 bridgehead atoms. The van der Waals surface area contributed by atoms with E-state index in [2.05, 4.69) is 0 Å². The van der Waals surface area contributed by atoms with E-state index < -0.39 is 16.6 Å². The fourth-order valence-electron chi connectivity index (χ4n) is 5.02. The molecule has 0 aliphatic heterocycles. The van der Waals surface area contributed by atoms with Gasteiger partial charge in [-0.15, -0.1) is 0 Å². The van der Waals surface area contributed by atoms with Crippen LogP contribution in [-0.2, 0) is 25.2 Å². The highest BCUT2D eigenvalue weighted by Crippen LogP contribution is 2.45. The molecule has 0 aromatic heterocycles. The molecule has 3 nitrogen and oxygen atoms in total. The molecular formula is C31H26O3. The molecule has 0 aliphatic carbocycles. The second kappa shape index (κ2) is 9.40. The highest BCUT2D eigenvalue weighted by Gasteiger charge is 2.58. The van der Waals surface area contributed by atoms with Crippen molar-refractivity contribution in [2.24, 2.45) is 0 Å². The molecule has 0 spiro atoms. The molecule has 0 saturated heterocycles. The minimum Gasteiger partial charge on any atom is -0.298 e. The molecule has 4 aromatic carbocycles. The van der Waals surface area contributed by atoms with Gasteiger partial charge in [0.05, 0.1) is 0 Å². The Balaban J connectivity index is 2.17. The van der Waals surface area contributed by atoms with Crippen LogP contribution in [0.4, 0.5) is 0 Å². The maximum absolute atomic E-state index is 15.1. The number of Topliss-reactive ketones (excluding diaryl/α,β-unsaturated/α-hetero) is 3. The van der Waals surface area contributed by atoms with Crippen LogP contribution in [0.25, 0.3) is 0 Å². The first-order valence-electron chi connectivity index (χ1n) is 11.3. The Hall–Kier alpha value is -4.11. The normalized spacial score (nSPS) is 11.6. The predicted molar refractivity (Wildman–Crippen MR) is 134 cm³/mol. The summed E-state index contributed by atoms with van der Waals surface area (Å²) in [6, 6.07) is 36.1. The van der Waals surface area contributed by atoms with Gasteiger partial charge in [0.1, 0.15) is 10.8 Å². The quantitative estimate of drug-likeness (QED) is 0.326. The van der Waals surface area contributed by atoms with Crippen molar-refractivity contribution in [1.82, 2.24) is 0 Å². The number of hydrogen-bond donors (Lipinski definition) is 0. The minimum atomic E-state index is -1.68. The van der Waals surface area contributed by atoms with Gasteiger partial charge in [-0.3, -0.25) is 14.4 Å². The van der Waals surface area contributed by atoms with E-state index in [-0.39, 0.29) is 11.6 Å². The fraction of sp³-hybridized carbons (Fsp3) is 0.129. The Labute approximate surface area is 200 Å². The third-order valence-electron chi connectivity index (χ3n) is 6.56. The Morgan fingerprint density at radius 1 is 0.412 bits per heavy atom. The number of rotatable bonds is 8. The Morgan fingerprint density at radius 3 is 0.794 bits per heavy atom. The summed E-state index contributed by atoms with van der Waals surface area (Å²) in [5.41, 5.74) is -1.21. The Morgan fingerprint density at radius 2 is 0.618 bits per heavy atom. The number of carbonyl (C=O) groups is 3. The van der Waals surface area contributed by atoms with Crippen molar-refractivity contribution in [3.63, 3.8) is 0 Å². The predicted octanol–water partition coefficient (Wildman–Crippen LogP) is 5.71. The number of carbonyl (C=O) groups excluding carboxylic acids is 3. The standard InChI is InChI=1S/C31H26O3/c1-23(32)30(25-15-7-3-8-16-25,26-17-9-4-10-18-26)29(34)31(24(2)33,27-19-11-5-12-20-27)28-21-13-6-14-22-28/h3-22H,1-2H3. The van der Waals surface area contributed by atoms with E-state index in [9.17, 15) is 9.59 Å². The summed E-state index contributed by atoms with van der Waals surface area (Å²) in [6.07, 6.45) is 0. The van der Waals surface area contributed by atoms with Gasteiger partial charge in [0.15, 0.2) is 17.3 Å². The van der Waals surface area contributed by atoms with Crippen LogP contribution in [-0.4, -0.2) is 17.3 Å². The van der Waals surface area contributed by atoms with Crippen LogP contribution in [0.15, 0.2) is 121 Å². The fourth-order valence-corrected chi connectivity index (χ4v) is 5.02. The minimum absolute atomic E-state index is 0.340. The first kappa shape index (κ1) is 23.1. The van der Waals surface area contributed by atoms with E-state index >= 15 is 4.79 Å². The third kappa shape index (κ3) is 3.50. The first-order chi connectivity index (χ1) is 16.5. The molecule has 0 fully saturated rings. The average Bonchev–Trinajstić information content (AvgIpc) is 2.87. The molecule has 0 aliphatic rings. The zero-order valence-electron chi connectivity index (χ0n) is 19.3. The zero-order valence-corrected chi connectivity index (χ0v) is 19.3. The molecule has 0 unspecified atom stereocenters. The lowest BCUT2D eigenvalue weighted by Gasteiger charge is -2.41. The topological polar surface area (TPSA) is 51.2 Å². The molecule has 3 heteroatoms. The van der Waals surface area contributed by atoms with Crippen molar-refractivity contribution < 1.29 is 14.4 Å². The maximum Gasteiger partial charge on any atom is 0.177 e. The molecule has 34 heavy (non-hydrogen) atoms. The SMILES string of the molecule is CC(=O)C(C(=O)C(C(C)=O)(c1ccccc1)c1ccccc1)(c1ccccc1)c1ccccc1. The summed E-state index contributed by atoms with van der Waals surface area (Å²) in [4.78, 5) is 42.5. The first-order valence-corrected chi connectivity index (χ1v) is 11.3. The van der Waals surface area contributed by atoms with E-state index in [0.717, 1.165) is 0 Å². The van der Waals surface area contributed by atoms with E-state index in [1.54, 1.807) is 48.5 Å². The smallest absolute Gasteiger partial charge is 0.177 e. The van der Waals surface area contributed by atoms with Crippen molar-refractivity contribution in [3.8, 4) is 0 Å². The molecule has 0 atom stereocenters. The van der Waals surface area contributed by atoms with Crippen molar-refractivity contribution in [2.75, 3.05) is 0 Å². The van der Waals surface area contributed by atoms with Gasteiger partial charge in [0.25, 0.3) is 0 Å². The lowest BCUT2D eigenvalue weighted by Crippen LogP contribution is -2.57. The lowest BCUT2D eigenvalue weighted by atomic mass is 9.56. The highest BCUT2D eigenvalue weighted by molar-refractivity contribution is 6.27. The monoisotopic (exact) mass is 446 g/mol. The maximum atomic E-state index is 15.1. The van der Waals surface area contributed by atoms with E-state index in [1.165, 1.54) is 13.8 Å². The third-order valence-corrected chi connectivity index (χ3v) is 6.56. The molecule has 4 rings (SSSR count). The lowest BCUT2D eigenvalue weighted by molar-refractivity contribution is -0.138. The largest absolute Gasteiger partial charge is 0.298 e. The van der Waals surface area contributed by atoms with Crippen molar-refractivity contribution in [2.45, 2.75) is 24.7 Å². The van der Waals surface area contributed by atoms with E-state index in [1.807, 2.05) is 72.8 Å². The summed E-state index contributed by atoms with van der Waals surface area (Å²) in [6.45, 7) is 2.86. The van der Waals surface area contributed by atoms with Gasteiger partial charge in [-0.2, -0.15) is 0 Å². The second-order valence-corrected chi connectivity index (χ2v) is 8.41. The average molecular weight is 447 g/mol. The van der Waals surface area contributed by atoms with Crippen LogP contribution >= 0.6 is 0 Å². The van der Waals surface area contributed by atoms with Crippen molar-refractivity contribution >= 4 is 17.3 Å². The molecular weight excluding hydrogens is 420 g/mol. The van der Waals surface area contributed by atoms with Gasteiger partial charge in [-0.25, -0.2) is 0 Å². The number of hydrogen-bond acceptors (Lipinski definition) is 3. The van der Waals surface area contributed by atoms with Crippen LogP contribution in [0.5, 0.6) is 0 Å². The molecule has 168 valence electrons. The van der Waals surface area contributed by atoms with Gasteiger partial charge >= 0.3 is 0 Å². The van der Waals surface area contributed by atoms with Crippen LogP contribution in [0.1, 0.15) is 36.1 Å². The van der Waals surface area contributed by atoms with Crippen molar-refractivity contribution in [1.29, 1.82) is 0 Å². The molecule has 0 heterocycles. The van der Waals surface area contributed by atoms with Gasteiger partial charge in [-0.05, 0) is 36.1 Å². The molecule has 4 aromatic rings. The van der Waals surface area contributed by atoms with E-state index in [0.29, 0.717) is 22.3 Å². The molecule has 0 amide bonds. The van der Waals surface area contributed by atoms with Gasteiger partial charge in [-0.1, -0.05) is 121 Å². The summed E-state index contributed by atoms with van der Waals surface area (Å²) in [5.74, 6) is -1.16. The van der Waals surface area contributed by atoms with Crippen molar-refractivity contribution in [3.05, 3.63) is 144 Å². The van der Waals surface area contributed by atoms with Crippen LogP contribution in [0.3, 0.4) is 0 Å². The molecule has 0 saturated carbocycles. The summed E-state index contributed by atoms with van der Waals surface area (Å²) in [7, 11) is 0. The highest BCUT2D eigenvalue weighted by atomic mass is 16.2. The summed E-state index contributed by atoms with van der Waals surface area (Å²) >= 11 is 0. The van der Waals surface area contributed by atoms with Gasteiger partial charge in [0, 0.05) is 0 Å². The second-order valence-electron chi connectivity index (χ2n) is 8.41. The Kier molecular flexibility index (Phi) is 6.38. The summed E-state index contributed by atoms with van der Waals surface area (Å²) in [5, 5.41) is 0. The number of ketones is 3. The molecule has 0 radical (unpaired) electrons. The molecule has 0 N–H and O–H groups in total. The van der Waals surface area contributed by atoms with Crippen LogP contribution in [0.2, 0.25) is 0 Å². The Bertz CT molecular complexity index is 1110. The number of benzene rings is 4.